The molecule has 1 N–H and O–H groups in total. The van der Waals surface area contributed by atoms with Crippen molar-refractivity contribution in [2.24, 2.45) is 7.05 Å². The number of rotatable bonds is 3. The molecule has 2 rings (SSSR count). The maximum absolute atomic E-state index is 4.35. The largest absolute Gasteiger partial charge is 0.336 e. The second kappa shape index (κ2) is 4.30. The highest BCUT2D eigenvalue weighted by Gasteiger charge is 2.06. The fourth-order valence-electron chi connectivity index (χ4n) is 1.56. The average molecular weight is 217 g/mol. The number of hydrogen-bond donors (Lipinski definition) is 1. The molecule has 2 aromatic heterocycles. The Morgan fingerprint density at radius 1 is 1.44 bits per heavy atom. The molecule has 0 spiro atoms. The standard InChI is InChI=1S/C11H15N5/c1-4-9-10(7-16(3)15-9)13-11-5-8(2)6-12-14-11/h5-7H,4H2,1-3H3,(H,13,14). The van der Waals surface area contributed by atoms with Gasteiger partial charge in [-0.05, 0) is 25.0 Å². The average Bonchev–Trinajstić information content (AvgIpc) is 2.59. The Balaban J connectivity index is 2.26. The molecular formula is C11H15N5. The summed E-state index contributed by atoms with van der Waals surface area (Å²) in [6, 6.07) is 1.96. The van der Waals surface area contributed by atoms with Gasteiger partial charge in [-0.25, -0.2) is 0 Å². The minimum atomic E-state index is 0.753. The molecule has 5 nitrogen and oxygen atoms in total. The summed E-state index contributed by atoms with van der Waals surface area (Å²) >= 11 is 0. The van der Waals surface area contributed by atoms with Gasteiger partial charge in [-0.1, -0.05) is 6.92 Å². The fourth-order valence-corrected chi connectivity index (χ4v) is 1.56. The summed E-state index contributed by atoms with van der Waals surface area (Å²) < 4.78 is 1.80. The SMILES string of the molecule is CCc1nn(C)cc1Nc1cc(C)cnn1. The molecule has 0 fully saturated rings. The highest BCUT2D eigenvalue weighted by molar-refractivity contribution is 5.57. The van der Waals surface area contributed by atoms with Gasteiger partial charge in [0.1, 0.15) is 0 Å². The van der Waals surface area contributed by atoms with Crippen LogP contribution in [-0.2, 0) is 13.5 Å². The van der Waals surface area contributed by atoms with Crippen LogP contribution in [0.15, 0.2) is 18.5 Å². The summed E-state index contributed by atoms with van der Waals surface area (Å²) in [6.07, 6.45) is 4.57. The molecule has 0 aliphatic rings. The minimum absolute atomic E-state index is 0.753. The van der Waals surface area contributed by atoms with Crippen LogP contribution in [0.3, 0.4) is 0 Å². The first kappa shape index (κ1) is 10.6. The third kappa shape index (κ3) is 2.18. The topological polar surface area (TPSA) is 55.6 Å². The van der Waals surface area contributed by atoms with Crippen molar-refractivity contribution in [1.29, 1.82) is 0 Å². The normalized spacial score (nSPS) is 10.4. The lowest BCUT2D eigenvalue weighted by atomic mass is 10.3. The first-order valence-electron chi connectivity index (χ1n) is 5.28. The Morgan fingerprint density at radius 3 is 2.94 bits per heavy atom. The molecule has 0 bridgehead atoms. The van der Waals surface area contributed by atoms with Crippen LogP contribution >= 0.6 is 0 Å². The van der Waals surface area contributed by atoms with Gasteiger partial charge < -0.3 is 5.32 Å². The number of anilines is 2. The van der Waals surface area contributed by atoms with E-state index in [-0.39, 0.29) is 0 Å². The summed E-state index contributed by atoms with van der Waals surface area (Å²) in [6.45, 7) is 4.07. The molecule has 0 saturated heterocycles. The van der Waals surface area contributed by atoms with Crippen molar-refractivity contribution < 1.29 is 0 Å². The van der Waals surface area contributed by atoms with Crippen LogP contribution in [0.2, 0.25) is 0 Å². The lowest BCUT2D eigenvalue weighted by Gasteiger charge is -2.03. The van der Waals surface area contributed by atoms with Crippen LogP contribution in [0.4, 0.5) is 11.5 Å². The molecule has 84 valence electrons. The highest BCUT2D eigenvalue weighted by atomic mass is 15.3. The molecule has 0 aromatic carbocycles. The molecular weight excluding hydrogens is 202 g/mol. The molecule has 0 aliphatic heterocycles. The van der Waals surface area contributed by atoms with Crippen LogP contribution in [0.25, 0.3) is 0 Å². The monoisotopic (exact) mass is 217 g/mol. The van der Waals surface area contributed by atoms with Crippen molar-refractivity contribution in [3.63, 3.8) is 0 Å². The van der Waals surface area contributed by atoms with Gasteiger partial charge >= 0.3 is 0 Å². The van der Waals surface area contributed by atoms with E-state index in [4.69, 9.17) is 0 Å². The number of hydrogen-bond acceptors (Lipinski definition) is 4. The summed E-state index contributed by atoms with van der Waals surface area (Å²) in [4.78, 5) is 0. The van der Waals surface area contributed by atoms with Crippen molar-refractivity contribution in [2.45, 2.75) is 20.3 Å². The van der Waals surface area contributed by atoms with Gasteiger partial charge in [-0.3, -0.25) is 4.68 Å². The van der Waals surface area contributed by atoms with Gasteiger partial charge in [-0.2, -0.15) is 10.2 Å². The second-order valence-corrected chi connectivity index (χ2v) is 3.76. The first-order valence-corrected chi connectivity index (χ1v) is 5.28. The van der Waals surface area contributed by atoms with Crippen molar-refractivity contribution in [2.75, 3.05) is 5.32 Å². The van der Waals surface area contributed by atoms with Gasteiger partial charge in [-0.15, -0.1) is 5.10 Å². The molecule has 0 aliphatic carbocycles. The lowest BCUT2D eigenvalue weighted by molar-refractivity contribution is 0.746. The third-order valence-electron chi connectivity index (χ3n) is 2.29. The molecule has 0 atom stereocenters. The van der Waals surface area contributed by atoms with E-state index in [1.807, 2.05) is 26.2 Å². The van der Waals surface area contributed by atoms with E-state index in [0.29, 0.717) is 0 Å². The maximum Gasteiger partial charge on any atom is 0.153 e. The van der Waals surface area contributed by atoms with Crippen LogP contribution in [0.1, 0.15) is 18.2 Å². The second-order valence-electron chi connectivity index (χ2n) is 3.76. The Hall–Kier alpha value is -1.91. The van der Waals surface area contributed by atoms with Crippen molar-refractivity contribution >= 4 is 11.5 Å². The molecule has 0 saturated carbocycles. The fraction of sp³-hybridized carbons (Fsp3) is 0.364. The molecule has 5 heteroatoms. The van der Waals surface area contributed by atoms with Crippen molar-refractivity contribution in [3.8, 4) is 0 Å². The Labute approximate surface area is 94.5 Å². The van der Waals surface area contributed by atoms with Crippen LogP contribution in [-0.4, -0.2) is 20.0 Å². The Kier molecular flexibility index (Phi) is 2.85. The number of aryl methyl sites for hydroxylation is 3. The van der Waals surface area contributed by atoms with Gasteiger partial charge in [0, 0.05) is 13.2 Å². The summed E-state index contributed by atoms with van der Waals surface area (Å²) in [5.41, 5.74) is 3.11. The summed E-state index contributed by atoms with van der Waals surface area (Å²) in [5, 5.41) is 15.5. The molecule has 0 radical (unpaired) electrons. The zero-order chi connectivity index (χ0) is 11.5. The van der Waals surface area contributed by atoms with Gasteiger partial charge in [0.2, 0.25) is 0 Å². The molecule has 2 heterocycles. The van der Waals surface area contributed by atoms with Crippen LogP contribution in [0.5, 0.6) is 0 Å². The van der Waals surface area contributed by atoms with Crippen LogP contribution < -0.4 is 5.32 Å². The van der Waals surface area contributed by atoms with E-state index in [0.717, 1.165) is 29.2 Å². The van der Waals surface area contributed by atoms with Crippen molar-refractivity contribution in [3.05, 3.63) is 29.7 Å². The zero-order valence-electron chi connectivity index (χ0n) is 9.73. The van der Waals surface area contributed by atoms with E-state index >= 15 is 0 Å². The van der Waals surface area contributed by atoms with Crippen LogP contribution in [0, 0.1) is 6.92 Å². The predicted molar refractivity (Wildman–Crippen MR) is 62.6 cm³/mol. The maximum atomic E-state index is 4.35. The molecule has 0 amide bonds. The molecule has 0 unspecified atom stereocenters. The predicted octanol–water partition coefficient (Wildman–Crippen LogP) is 1.82. The summed E-state index contributed by atoms with van der Waals surface area (Å²) in [7, 11) is 1.91. The van der Waals surface area contributed by atoms with E-state index in [2.05, 4.69) is 27.5 Å². The molecule has 2 aromatic rings. The lowest BCUT2D eigenvalue weighted by Crippen LogP contribution is -1.97. The number of nitrogens with one attached hydrogen (secondary N) is 1. The first-order chi connectivity index (χ1) is 7.69. The van der Waals surface area contributed by atoms with Crippen molar-refractivity contribution in [1.82, 2.24) is 20.0 Å². The van der Waals surface area contributed by atoms with E-state index < -0.39 is 0 Å². The zero-order valence-corrected chi connectivity index (χ0v) is 9.73. The van der Waals surface area contributed by atoms with E-state index in [1.165, 1.54) is 0 Å². The molecule has 16 heavy (non-hydrogen) atoms. The van der Waals surface area contributed by atoms with Gasteiger partial charge in [0.05, 0.1) is 17.6 Å². The third-order valence-corrected chi connectivity index (χ3v) is 2.29. The number of nitrogens with zero attached hydrogens (tertiary/aromatic N) is 4. The Morgan fingerprint density at radius 2 is 2.25 bits per heavy atom. The Bertz CT molecular complexity index is 489. The quantitative estimate of drug-likeness (QED) is 0.852. The van der Waals surface area contributed by atoms with Gasteiger partial charge in [0.25, 0.3) is 0 Å². The minimum Gasteiger partial charge on any atom is -0.336 e. The number of aromatic nitrogens is 4. The summed E-state index contributed by atoms with van der Waals surface area (Å²) in [5.74, 6) is 0.753. The highest BCUT2D eigenvalue weighted by Crippen LogP contribution is 2.18. The van der Waals surface area contributed by atoms with Gasteiger partial charge in [0.15, 0.2) is 5.82 Å². The van der Waals surface area contributed by atoms with E-state index in [1.54, 1.807) is 10.9 Å². The van der Waals surface area contributed by atoms with E-state index in [9.17, 15) is 0 Å². The smallest absolute Gasteiger partial charge is 0.153 e.